The van der Waals surface area contributed by atoms with Gasteiger partial charge in [0.25, 0.3) is 0 Å². The van der Waals surface area contributed by atoms with E-state index in [0.717, 1.165) is 56.7 Å². The van der Waals surface area contributed by atoms with Crippen LogP contribution in [-0.2, 0) is 13.0 Å². The van der Waals surface area contributed by atoms with Crippen LogP contribution >= 0.6 is 0 Å². The maximum absolute atomic E-state index is 15.7. The average molecular weight is 421 g/mol. The maximum atomic E-state index is 15.7. The highest BCUT2D eigenvalue weighted by atomic mass is 19.1. The molecule has 31 heavy (non-hydrogen) atoms. The van der Waals surface area contributed by atoms with Crippen LogP contribution in [-0.4, -0.2) is 42.5 Å². The number of ketones is 1. The molecule has 0 amide bonds. The second kappa shape index (κ2) is 8.84. The van der Waals surface area contributed by atoms with Gasteiger partial charge in [0, 0.05) is 31.1 Å². The number of rotatable bonds is 5. The number of nitrogens with one attached hydrogen (secondary N) is 1. The minimum atomic E-state index is -1.21. The van der Waals surface area contributed by atoms with Crippen molar-refractivity contribution in [3.63, 3.8) is 0 Å². The smallest absolute Gasteiger partial charge is 0.166 e. The Morgan fingerprint density at radius 3 is 2.52 bits per heavy atom. The molecule has 2 aliphatic heterocycles. The highest BCUT2D eigenvalue weighted by Gasteiger charge is 2.41. The molecular formula is C27H33FN2O. The topological polar surface area (TPSA) is 32.3 Å². The number of hydrogen-bond acceptors (Lipinski definition) is 3. The molecule has 2 fully saturated rings. The first-order chi connectivity index (χ1) is 15.1. The molecule has 164 valence electrons. The quantitative estimate of drug-likeness (QED) is 0.747. The van der Waals surface area contributed by atoms with Crippen LogP contribution in [0.1, 0.15) is 65.1 Å². The van der Waals surface area contributed by atoms with Gasteiger partial charge in [0.1, 0.15) is 5.67 Å². The van der Waals surface area contributed by atoms with E-state index in [2.05, 4.69) is 46.6 Å². The number of Topliss-reactive ketones (excluding diaryl/α,β-unsaturated/α-hetero) is 1. The lowest BCUT2D eigenvalue weighted by Crippen LogP contribution is -2.42. The molecule has 3 aliphatic rings. The zero-order valence-corrected chi connectivity index (χ0v) is 18.3. The number of carbonyl (C=O) groups excluding carboxylic acids is 1. The number of benzene rings is 2. The standard InChI is InChI=1S/C27H33FN2O/c28-27(10-14-30(15-11-27)19-20-4-2-1-3-5-20)18-24-17-23-16-22(6-7-25(23)26(24)31)21-8-12-29-13-9-21/h1-7,16,21,24,29H,8-15,17-19H2. The number of carbonyl (C=O) groups is 1. The van der Waals surface area contributed by atoms with Crippen molar-refractivity contribution >= 4 is 5.78 Å². The van der Waals surface area contributed by atoms with Crippen LogP contribution in [0.4, 0.5) is 4.39 Å². The molecule has 1 atom stereocenters. The highest BCUT2D eigenvalue weighted by Crippen LogP contribution is 2.40. The predicted molar refractivity (Wildman–Crippen MR) is 122 cm³/mol. The first kappa shape index (κ1) is 20.8. The summed E-state index contributed by atoms with van der Waals surface area (Å²) in [6.07, 6.45) is 4.46. The molecule has 2 saturated heterocycles. The van der Waals surface area contributed by atoms with E-state index in [1.165, 1.54) is 11.1 Å². The number of hydrogen-bond donors (Lipinski definition) is 1. The molecule has 0 radical (unpaired) electrons. The zero-order valence-electron chi connectivity index (χ0n) is 18.3. The van der Waals surface area contributed by atoms with Crippen LogP contribution in [0.25, 0.3) is 0 Å². The molecule has 1 N–H and O–H groups in total. The predicted octanol–water partition coefficient (Wildman–Crippen LogP) is 4.90. The van der Waals surface area contributed by atoms with Gasteiger partial charge in [0.2, 0.25) is 0 Å². The summed E-state index contributed by atoms with van der Waals surface area (Å²) in [6.45, 7) is 4.53. The van der Waals surface area contributed by atoms with Crippen LogP contribution in [0.3, 0.4) is 0 Å². The van der Waals surface area contributed by atoms with Crippen LogP contribution in [0.5, 0.6) is 0 Å². The number of piperidine rings is 2. The highest BCUT2D eigenvalue weighted by molar-refractivity contribution is 6.02. The molecule has 2 heterocycles. The van der Waals surface area contributed by atoms with Crippen LogP contribution in [0, 0.1) is 5.92 Å². The lowest BCUT2D eigenvalue weighted by atomic mass is 9.82. The molecule has 0 aromatic heterocycles. The fraction of sp³-hybridized carbons (Fsp3) is 0.519. The van der Waals surface area contributed by atoms with Crippen molar-refractivity contribution in [2.45, 2.75) is 56.7 Å². The molecule has 0 bridgehead atoms. The Morgan fingerprint density at radius 1 is 1.03 bits per heavy atom. The number of nitrogens with zero attached hydrogens (tertiary/aromatic N) is 1. The van der Waals surface area contributed by atoms with Crippen molar-refractivity contribution in [1.29, 1.82) is 0 Å². The molecule has 0 saturated carbocycles. The first-order valence-corrected chi connectivity index (χ1v) is 11.9. The van der Waals surface area contributed by atoms with Gasteiger partial charge in [-0.05, 0) is 74.2 Å². The van der Waals surface area contributed by atoms with Crippen molar-refractivity contribution < 1.29 is 9.18 Å². The summed E-state index contributed by atoms with van der Waals surface area (Å²) in [6, 6.07) is 16.8. The van der Waals surface area contributed by atoms with E-state index in [1.807, 2.05) is 12.1 Å². The molecule has 1 unspecified atom stereocenters. The van der Waals surface area contributed by atoms with E-state index in [0.29, 0.717) is 31.6 Å². The summed E-state index contributed by atoms with van der Waals surface area (Å²) >= 11 is 0. The number of alkyl halides is 1. The second-order valence-electron chi connectivity index (χ2n) is 9.82. The number of fused-ring (bicyclic) bond motifs is 1. The van der Waals surface area contributed by atoms with Crippen molar-refractivity contribution in [3.8, 4) is 0 Å². The fourth-order valence-corrected chi connectivity index (χ4v) is 5.77. The fourth-order valence-electron chi connectivity index (χ4n) is 5.77. The second-order valence-corrected chi connectivity index (χ2v) is 9.82. The zero-order chi connectivity index (χ0) is 21.3. The van der Waals surface area contributed by atoms with Gasteiger partial charge in [0.15, 0.2) is 5.78 Å². The molecule has 4 heteroatoms. The molecule has 5 rings (SSSR count). The Bertz CT molecular complexity index is 914. The van der Waals surface area contributed by atoms with Crippen molar-refractivity contribution in [1.82, 2.24) is 10.2 Å². The third kappa shape index (κ3) is 4.61. The summed E-state index contributed by atoms with van der Waals surface area (Å²) in [5.74, 6) is 0.557. The van der Waals surface area contributed by atoms with E-state index in [-0.39, 0.29) is 11.7 Å². The van der Waals surface area contributed by atoms with E-state index in [1.54, 1.807) is 0 Å². The van der Waals surface area contributed by atoms with E-state index < -0.39 is 5.67 Å². The van der Waals surface area contributed by atoms with Gasteiger partial charge in [-0.2, -0.15) is 0 Å². The average Bonchev–Trinajstić information content (AvgIpc) is 3.11. The summed E-state index contributed by atoms with van der Waals surface area (Å²) in [7, 11) is 0. The van der Waals surface area contributed by atoms with Crippen LogP contribution in [0.2, 0.25) is 0 Å². The minimum absolute atomic E-state index is 0.163. The van der Waals surface area contributed by atoms with E-state index in [9.17, 15) is 4.79 Å². The van der Waals surface area contributed by atoms with Gasteiger partial charge >= 0.3 is 0 Å². The Labute approximate surface area is 185 Å². The lowest BCUT2D eigenvalue weighted by Gasteiger charge is -2.37. The summed E-state index contributed by atoms with van der Waals surface area (Å²) in [5.41, 5.74) is 3.41. The van der Waals surface area contributed by atoms with Crippen molar-refractivity contribution in [2.75, 3.05) is 26.2 Å². The van der Waals surface area contributed by atoms with Gasteiger partial charge < -0.3 is 5.32 Å². The van der Waals surface area contributed by atoms with Gasteiger partial charge in [-0.25, -0.2) is 4.39 Å². The van der Waals surface area contributed by atoms with Crippen LogP contribution < -0.4 is 5.32 Å². The van der Waals surface area contributed by atoms with Crippen molar-refractivity contribution in [3.05, 3.63) is 70.8 Å². The summed E-state index contributed by atoms with van der Waals surface area (Å²) in [4.78, 5) is 15.4. The molecule has 3 nitrogen and oxygen atoms in total. The van der Waals surface area contributed by atoms with Crippen molar-refractivity contribution in [2.24, 2.45) is 5.92 Å². The van der Waals surface area contributed by atoms with E-state index >= 15 is 4.39 Å². The Hall–Kier alpha value is -2.04. The minimum Gasteiger partial charge on any atom is -0.317 e. The van der Waals surface area contributed by atoms with Gasteiger partial charge in [-0.15, -0.1) is 0 Å². The molecular weight excluding hydrogens is 387 g/mol. The Balaban J connectivity index is 1.19. The largest absolute Gasteiger partial charge is 0.317 e. The maximum Gasteiger partial charge on any atom is 0.166 e. The number of halogens is 1. The van der Waals surface area contributed by atoms with Gasteiger partial charge in [0.05, 0.1) is 0 Å². The SMILES string of the molecule is O=C1c2ccc(C3CCNCC3)cc2CC1CC1(F)CCN(Cc2ccccc2)CC1. The molecule has 0 spiro atoms. The summed E-state index contributed by atoms with van der Waals surface area (Å²) in [5, 5.41) is 3.42. The molecule has 2 aromatic rings. The Kier molecular flexibility index (Phi) is 5.94. The third-order valence-electron chi connectivity index (χ3n) is 7.66. The lowest BCUT2D eigenvalue weighted by molar-refractivity contribution is 0.0336. The normalized spacial score (nSPS) is 24.3. The number of likely N-dealkylation sites (tertiary alicyclic amines) is 1. The monoisotopic (exact) mass is 420 g/mol. The first-order valence-electron chi connectivity index (χ1n) is 11.9. The van der Waals surface area contributed by atoms with Gasteiger partial charge in [-0.1, -0.05) is 48.5 Å². The van der Waals surface area contributed by atoms with E-state index in [4.69, 9.17) is 0 Å². The van der Waals surface area contributed by atoms with Crippen LogP contribution in [0.15, 0.2) is 48.5 Å². The summed E-state index contributed by atoms with van der Waals surface area (Å²) < 4.78 is 15.7. The Morgan fingerprint density at radius 2 is 1.77 bits per heavy atom. The molecule has 1 aliphatic carbocycles. The molecule has 2 aromatic carbocycles. The third-order valence-corrected chi connectivity index (χ3v) is 7.66. The van der Waals surface area contributed by atoms with Gasteiger partial charge in [-0.3, -0.25) is 9.69 Å².